The molecule has 1 rings (SSSR count). The summed E-state index contributed by atoms with van der Waals surface area (Å²) >= 11 is 0. The summed E-state index contributed by atoms with van der Waals surface area (Å²) < 4.78 is 5.40. The van der Waals surface area contributed by atoms with Gasteiger partial charge in [0.2, 0.25) is 5.91 Å². The molecule has 4 nitrogen and oxygen atoms in total. The van der Waals surface area contributed by atoms with Gasteiger partial charge in [-0.05, 0) is 33.3 Å². The summed E-state index contributed by atoms with van der Waals surface area (Å²) in [5.74, 6) is 0.959. The topological polar surface area (TPSA) is 50.4 Å². The van der Waals surface area contributed by atoms with Crippen molar-refractivity contribution in [3.05, 3.63) is 29.8 Å². The highest BCUT2D eigenvalue weighted by molar-refractivity contribution is 5.76. The molecule has 0 aliphatic heterocycles. The first-order valence-corrected chi connectivity index (χ1v) is 7.54. The van der Waals surface area contributed by atoms with Gasteiger partial charge in [-0.1, -0.05) is 25.1 Å². The minimum atomic E-state index is -0.177. The Morgan fingerprint density at radius 2 is 1.95 bits per heavy atom. The Labute approximate surface area is 128 Å². The Morgan fingerprint density at radius 3 is 2.52 bits per heavy atom. The van der Waals surface area contributed by atoms with Crippen LogP contribution in [0.25, 0.3) is 0 Å². The van der Waals surface area contributed by atoms with Crippen LogP contribution in [0.3, 0.4) is 0 Å². The van der Waals surface area contributed by atoms with Gasteiger partial charge in [-0.3, -0.25) is 4.79 Å². The molecule has 1 unspecified atom stereocenters. The molecule has 118 valence electrons. The van der Waals surface area contributed by atoms with Crippen molar-refractivity contribution in [2.24, 2.45) is 0 Å². The summed E-state index contributed by atoms with van der Waals surface area (Å²) in [5.41, 5.74) is 0.961. The van der Waals surface area contributed by atoms with E-state index in [9.17, 15) is 4.79 Å². The first-order valence-electron chi connectivity index (χ1n) is 7.54. The second-order valence-electron chi connectivity index (χ2n) is 6.21. The molecule has 0 bridgehead atoms. The fraction of sp³-hybridized carbons (Fsp3) is 0.588. The van der Waals surface area contributed by atoms with Gasteiger partial charge in [0.05, 0.1) is 7.11 Å². The molecule has 0 fully saturated rings. The van der Waals surface area contributed by atoms with E-state index in [0.717, 1.165) is 17.7 Å². The molecular formula is C17H28N2O2. The number of amides is 1. The average molecular weight is 292 g/mol. The van der Waals surface area contributed by atoms with Gasteiger partial charge in [-0.25, -0.2) is 0 Å². The van der Waals surface area contributed by atoms with Crippen LogP contribution < -0.4 is 15.4 Å². The molecule has 1 amide bonds. The lowest BCUT2D eigenvalue weighted by molar-refractivity contribution is -0.122. The summed E-state index contributed by atoms with van der Waals surface area (Å²) in [6.45, 7) is 8.74. The third kappa shape index (κ3) is 6.17. The lowest BCUT2D eigenvalue weighted by Crippen LogP contribution is -2.41. The van der Waals surface area contributed by atoms with E-state index in [2.05, 4.69) is 23.6 Å². The predicted molar refractivity (Wildman–Crippen MR) is 86.5 cm³/mol. The number of ether oxygens (including phenoxy) is 1. The van der Waals surface area contributed by atoms with Crippen molar-refractivity contribution < 1.29 is 9.53 Å². The van der Waals surface area contributed by atoms with Crippen LogP contribution in [0.15, 0.2) is 24.3 Å². The van der Waals surface area contributed by atoms with Gasteiger partial charge in [-0.15, -0.1) is 0 Å². The minimum absolute atomic E-state index is 0.0740. The minimum Gasteiger partial charge on any atom is -0.496 e. The van der Waals surface area contributed by atoms with E-state index >= 15 is 0 Å². The number of carbonyl (C=O) groups excluding carboxylic acids is 1. The maximum atomic E-state index is 11.8. The van der Waals surface area contributed by atoms with E-state index in [0.29, 0.717) is 13.0 Å². The molecule has 2 N–H and O–H groups in total. The number of benzene rings is 1. The number of para-hydroxylation sites is 1. The van der Waals surface area contributed by atoms with Crippen molar-refractivity contribution in [2.75, 3.05) is 13.7 Å². The van der Waals surface area contributed by atoms with Crippen molar-refractivity contribution >= 4 is 5.91 Å². The van der Waals surface area contributed by atoms with Crippen LogP contribution in [0.5, 0.6) is 5.75 Å². The van der Waals surface area contributed by atoms with Gasteiger partial charge in [0.15, 0.2) is 0 Å². The second kappa shape index (κ2) is 8.03. The van der Waals surface area contributed by atoms with Gasteiger partial charge in [0.25, 0.3) is 0 Å². The van der Waals surface area contributed by atoms with Crippen molar-refractivity contribution in [3.63, 3.8) is 0 Å². The van der Waals surface area contributed by atoms with Crippen LogP contribution in [0.2, 0.25) is 0 Å². The average Bonchev–Trinajstić information content (AvgIpc) is 2.42. The predicted octanol–water partition coefficient (Wildman–Crippen LogP) is 3.04. The standard InChI is InChI=1S/C17H28N2O2/c1-6-14(13-9-7-8-10-15(13)21-5)18-12-11-16(20)19-17(2,3)4/h7-10,14,18H,6,11-12H2,1-5H3,(H,19,20). The molecule has 0 aromatic heterocycles. The number of nitrogens with one attached hydrogen (secondary N) is 2. The number of hydrogen-bond acceptors (Lipinski definition) is 3. The maximum Gasteiger partial charge on any atom is 0.221 e. The van der Waals surface area contributed by atoms with Crippen LogP contribution >= 0.6 is 0 Å². The molecule has 0 saturated carbocycles. The number of hydrogen-bond donors (Lipinski definition) is 2. The number of methoxy groups -OCH3 is 1. The summed E-state index contributed by atoms with van der Waals surface area (Å²) in [7, 11) is 1.68. The molecule has 1 atom stereocenters. The molecular weight excluding hydrogens is 264 g/mol. The Balaban J connectivity index is 2.54. The first-order chi connectivity index (χ1) is 9.87. The van der Waals surface area contributed by atoms with E-state index in [1.807, 2.05) is 39.0 Å². The van der Waals surface area contributed by atoms with Crippen molar-refractivity contribution in [1.29, 1.82) is 0 Å². The SMILES string of the molecule is CCC(NCCC(=O)NC(C)(C)C)c1ccccc1OC. The van der Waals surface area contributed by atoms with Gasteiger partial charge < -0.3 is 15.4 Å². The Hall–Kier alpha value is -1.55. The number of carbonyl (C=O) groups is 1. The smallest absolute Gasteiger partial charge is 0.221 e. The van der Waals surface area contributed by atoms with Crippen LogP contribution in [-0.4, -0.2) is 25.1 Å². The lowest BCUT2D eigenvalue weighted by Gasteiger charge is -2.22. The summed E-state index contributed by atoms with van der Waals surface area (Å²) in [5, 5.41) is 6.41. The highest BCUT2D eigenvalue weighted by Gasteiger charge is 2.16. The highest BCUT2D eigenvalue weighted by atomic mass is 16.5. The quantitative estimate of drug-likeness (QED) is 0.812. The van der Waals surface area contributed by atoms with Gasteiger partial charge in [0.1, 0.15) is 5.75 Å². The monoisotopic (exact) mass is 292 g/mol. The molecule has 0 saturated heterocycles. The molecule has 4 heteroatoms. The zero-order chi connectivity index (χ0) is 15.9. The maximum absolute atomic E-state index is 11.8. The molecule has 0 aliphatic carbocycles. The van der Waals surface area contributed by atoms with Gasteiger partial charge >= 0.3 is 0 Å². The van der Waals surface area contributed by atoms with E-state index in [4.69, 9.17) is 4.74 Å². The number of rotatable bonds is 7. The first kappa shape index (κ1) is 17.5. The van der Waals surface area contributed by atoms with Crippen LogP contribution in [-0.2, 0) is 4.79 Å². The fourth-order valence-electron chi connectivity index (χ4n) is 2.27. The molecule has 1 aromatic carbocycles. The Morgan fingerprint density at radius 1 is 1.29 bits per heavy atom. The Bertz CT molecular complexity index is 452. The van der Waals surface area contributed by atoms with E-state index in [1.54, 1.807) is 7.11 Å². The van der Waals surface area contributed by atoms with Crippen molar-refractivity contribution in [2.45, 2.75) is 52.1 Å². The van der Waals surface area contributed by atoms with Crippen LogP contribution in [0.4, 0.5) is 0 Å². The second-order valence-corrected chi connectivity index (χ2v) is 6.21. The third-order valence-corrected chi connectivity index (χ3v) is 3.18. The molecule has 21 heavy (non-hydrogen) atoms. The van der Waals surface area contributed by atoms with Crippen LogP contribution in [0.1, 0.15) is 52.1 Å². The van der Waals surface area contributed by atoms with E-state index in [-0.39, 0.29) is 17.5 Å². The van der Waals surface area contributed by atoms with Crippen molar-refractivity contribution in [3.8, 4) is 5.75 Å². The molecule has 0 spiro atoms. The van der Waals surface area contributed by atoms with Gasteiger partial charge in [-0.2, -0.15) is 0 Å². The zero-order valence-corrected chi connectivity index (χ0v) is 13.8. The lowest BCUT2D eigenvalue weighted by atomic mass is 10.0. The van der Waals surface area contributed by atoms with Gasteiger partial charge in [0, 0.05) is 30.1 Å². The normalized spacial score (nSPS) is 12.8. The third-order valence-electron chi connectivity index (χ3n) is 3.18. The largest absolute Gasteiger partial charge is 0.496 e. The summed E-state index contributed by atoms with van der Waals surface area (Å²) in [6.07, 6.45) is 1.42. The van der Waals surface area contributed by atoms with Crippen molar-refractivity contribution in [1.82, 2.24) is 10.6 Å². The zero-order valence-electron chi connectivity index (χ0n) is 13.8. The highest BCUT2D eigenvalue weighted by Crippen LogP contribution is 2.26. The summed E-state index contributed by atoms with van der Waals surface area (Å²) in [6, 6.07) is 8.20. The summed E-state index contributed by atoms with van der Waals surface area (Å²) in [4.78, 5) is 11.8. The molecule has 1 aromatic rings. The molecule has 0 heterocycles. The Kier molecular flexibility index (Phi) is 6.69. The molecule has 0 radical (unpaired) electrons. The van der Waals surface area contributed by atoms with Crippen LogP contribution in [0, 0.1) is 0 Å². The molecule has 0 aliphatic rings. The van der Waals surface area contributed by atoms with E-state index < -0.39 is 0 Å². The van der Waals surface area contributed by atoms with E-state index in [1.165, 1.54) is 0 Å². The fourth-order valence-corrected chi connectivity index (χ4v) is 2.27.